The van der Waals surface area contributed by atoms with Gasteiger partial charge in [0.1, 0.15) is 0 Å². The third kappa shape index (κ3) is 0.829. The molecule has 9 heavy (non-hydrogen) atoms. The average molecular weight is 142 g/mol. The van der Waals surface area contributed by atoms with Crippen LogP contribution >= 0.6 is 11.3 Å². The Morgan fingerprint density at radius 2 is 1.67 bits per heavy atom. The second kappa shape index (κ2) is 1.84. The lowest BCUT2D eigenvalue weighted by atomic mass is 10.6. The van der Waals surface area contributed by atoms with Crippen LogP contribution in [-0.4, -0.2) is 23.3 Å². The molecule has 1 aromatic heterocycles. The minimum atomic E-state index is 0.912. The van der Waals surface area contributed by atoms with Crippen LogP contribution in [0.2, 0.25) is 0 Å². The zero-order valence-corrected chi connectivity index (χ0v) is 5.53. The summed E-state index contributed by atoms with van der Waals surface area (Å²) >= 11 is 1.55. The third-order valence-electron chi connectivity index (χ3n) is 1.10. The Balaban J connectivity index is 2.37. The maximum Gasteiger partial charge on any atom is 0.207 e. The molecule has 1 aliphatic rings. The van der Waals surface area contributed by atoms with Crippen molar-refractivity contribution in [3.05, 3.63) is 0 Å². The molecule has 0 aromatic carbocycles. The number of rotatable bonds is 0. The predicted octanol–water partition coefficient (Wildman–Crippen LogP) is 0.375. The minimum absolute atomic E-state index is 0.912. The van der Waals surface area contributed by atoms with Gasteiger partial charge in [-0.25, -0.2) is 0 Å². The highest BCUT2D eigenvalue weighted by atomic mass is 32.1. The summed E-state index contributed by atoms with van der Waals surface area (Å²) < 4.78 is 0. The first-order chi connectivity index (χ1) is 4.45. The van der Waals surface area contributed by atoms with Crippen LogP contribution in [0.15, 0.2) is 0 Å². The molecule has 2 N–H and O–H groups in total. The molecule has 0 saturated heterocycles. The highest BCUT2D eigenvalue weighted by Crippen LogP contribution is 2.20. The monoisotopic (exact) mass is 142 g/mol. The highest BCUT2D eigenvalue weighted by molar-refractivity contribution is 7.19. The van der Waals surface area contributed by atoms with Crippen LogP contribution in [0.5, 0.6) is 0 Å². The summed E-state index contributed by atoms with van der Waals surface area (Å²) in [6.45, 7) is 1.87. The van der Waals surface area contributed by atoms with Crippen molar-refractivity contribution in [2.75, 3.05) is 23.7 Å². The normalized spacial score (nSPS) is 15.6. The van der Waals surface area contributed by atoms with E-state index in [1.165, 1.54) is 0 Å². The van der Waals surface area contributed by atoms with Gasteiger partial charge < -0.3 is 10.6 Å². The largest absolute Gasteiger partial charge is 0.358 e. The minimum Gasteiger partial charge on any atom is -0.358 e. The maximum atomic E-state index is 3.85. The van der Waals surface area contributed by atoms with E-state index in [0.29, 0.717) is 0 Å². The Bertz CT molecular complexity index is 188. The van der Waals surface area contributed by atoms with E-state index in [1.54, 1.807) is 11.3 Å². The average Bonchev–Trinajstić information content (AvgIpc) is 2.09. The van der Waals surface area contributed by atoms with Gasteiger partial charge in [0.15, 0.2) is 0 Å². The molecule has 2 heterocycles. The van der Waals surface area contributed by atoms with Crippen molar-refractivity contribution in [1.82, 2.24) is 10.2 Å². The van der Waals surface area contributed by atoms with Crippen LogP contribution in [0.1, 0.15) is 0 Å². The number of aromatic nitrogens is 2. The number of fused-ring (bicyclic) bond motifs is 2. The Kier molecular flexibility index (Phi) is 1.02. The summed E-state index contributed by atoms with van der Waals surface area (Å²) in [5, 5.41) is 15.7. The molecular formula is C4H6N4S. The molecule has 2 bridgehead atoms. The van der Waals surface area contributed by atoms with Gasteiger partial charge in [0, 0.05) is 13.1 Å². The summed E-state index contributed by atoms with van der Waals surface area (Å²) in [4.78, 5) is 0. The predicted molar refractivity (Wildman–Crippen MR) is 36.9 cm³/mol. The summed E-state index contributed by atoms with van der Waals surface area (Å²) in [5.41, 5.74) is 0. The first-order valence-corrected chi connectivity index (χ1v) is 3.58. The molecule has 0 amide bonds. The van der Waals surface area contributed by atoms with E-state index in [1.807, 2.05) is 0 Å². The van der Waals surface area contributed by atoms with Gasteiger partial charge in [-0.2, -0.15) is 0 Å². The molecule has 0 spiro atoms. The standard InChI is InChI=1S/C4H6N4S/c1-2-6-4-8-7-3(5-1)9-4/h1-2H2,(H,5,7)(H,6,8). The topological polar surface area (TPSA) is 49.8 Å². The molecule has 0 radical (unpaired) electrons. The van der Waals surface area contributed by atoms with Crippen molar-refractivity contribution in [3.63, 3.8) is 0 Å². The Hall–Kier alpha value is -0.840. The number of nitrogens with one attached hydrogen (secondary N) is 2. The van der Waals surface area contributed by atoms with Crippen LogP contribution in [-0.2, 0) is 0 Å². The smallest absolute Gasteiger partial charge is 0.207 e. The fraction of sp³-hybridized carbons (Fsp3) is 0.500. The van der Waals surface area contributed by atoms with Crippen LogP contribution in [0.4, 0.5) is 10.3 Å². The second-order valence-corrected chi connectivity index (χ2v) is 2.74. The van der Waals surface area contributed by atoms with Gasteiger partial charge in [-0.05, 0) is 0 Å². The van der Waals surface area contributed by atoms with Crippen LogP contribution in [0.25, 0.3) is 0 Å². The fourth-order valence-corrected chi connectivity index (χ4v) is 1.40. The third-order valence-corrected chi connectivity index (χ3v) is 1.94. The lowest BCUT2D eigenvalue weighted by Crippen LogP contribution is -2.13. The lowest BCUT2D eigenvalue weighted by molar-refractivity contribution is 0.987. The first-order valence-electron chi connectivity index (χ1n) is 2.76. The molecule has 0 atom stereocenters. The first kappa shape index (κ1) is 4.99. The Morgan fingerprint density at radius 1 is 1.11 bits per heavy atom. The van der Waals surface area contributed by atoms with Crippen LogP contribution in [0.3, 0.4) is 0 Å². The van der Waals surface area contributed by atoms with Crippen molar-refractivity contribution in [2.24, 2.45) is 0 Å². The van der Waals surface area contributed by atoms with E-state index < -0.39 is 0 Å². The number of anilines is 2. The van der Waals surface area contributed by atoms with E-state index in [0.717, 1.165) is 23.4 Å². The second-order valence-electron chi connectivity index (χ2n) is 1.77. The van der Waals surface area contributed by atoms with Gasteiger partial charge in [0.05, 0.1) is 0 Å². The van der Waals surface area contributed by atoms with Gasteiger partial charge in [0.2, 0.25) is 10.3 Å². The van der Waals surface area contributed by atoms with E-state index in [4.69, 9.17) is 0 Å². The Labute approximate surface area is 56.3 Å². The van der Waals surface area contributed by atoms with Gasteiger partial charge in [-0.3, -0.25) is 0 Å². The number of hydrogen-bond acceptors (Lipinski definition) is 5. The molecule has 2 rings (SSSR count). The SMILES string of the molecule is C1CNc2nnc(s2)N1. The van der Waals surface area contributed by atoms with E-state index in [9.17, 15) is 0 Å². The van der Waals surface area contributed by atoms with Crippen molar-refractivity contribution < 1.29 is 0 Å². The molecule has 0 aliphatic carbocycles. The zero-order chi connectivity index (χ0) is 6.10. The van der Waals surface area contributed by atoms with Gasteiger partial charge in [-0.1, -0.05) is 11.3 Å². The highest BCUT2D eigenvalue weighted by Gasteiger charge is 2.05. The quantitative estimate of drug-likeness (QED) is 0.549. The van der Waals surface area contributed by atoms with Crippen molar-refractivity contribution in [3.8, 4) is 0 Å². The van der Waals surface area contributed by atoms with E-state index >= 15 is 0 Å². The molecule has 0 saturated carbocycles. The zero-order valence-electron chi connectivity index (χ0n) is 4.72. The van der Waals surface area contributed by atoms with Crippen molar-refractivity contribution in [1.29, 1.82) is 0 Å². The van der Waals surface area contributed by atoms with Crippen LogP contribution in [0, 0.1) is 0 Å². The molecule has 0 fully saturated rings. The molecule has 0 unspecified atom stereocenters. The van der Waals surface area contributed by atoms with Gasteiger partial charge in [0.25, 0.3) is 0 Å². The molecular weight excluding hydrogens is 136 g/mol. The van der Waals surface area contributed by atoms with Crippen molar-refractivity contribution >= 4 is 21.6 Å². The molecule has 1 aromatic rings. The number of hydrogen-bond donors (Lipinski definition) is 2. The molecule has 5 heteroatoms. The van der Waals surface area contributed by atoms with Crippen LogP contribution < -0.4 is 10.6 Å². The van der Waals surface area contributed by atoms with E-state index in [2.05, 4.69) is 20.8 Å². The maximum absolute atomic E-state index is 3.85. The summed E-state index contributed by atoms with van der Waals surface area (Å²) in [5.74, 6) is 0. The van der Waals surface area contributed by atoms with Gasteiger partial charge in [-0.15, -0.1) is 10.2 Å². The van der Waals surface area contributed by atoms with Crippen molar-refractivity contribution in [2.45, 2.75) is 0 Å². The fourth-order valence-electron chi connectivity index (χ4n) is 0.705. The summed E-state index contributed by atoms with van der Waals surface area (Å²) in [6, 6.07) is 0. The van der Waals surface area contributed by atoms with Gasteiger partial charge >= 0.3 is 0 Å². The number of nitrogens with zero attached hydrogens (tertiary/aromatic N) is 2. The van der Waals surface area contributed by atoms with E-state index in [-0.39, 0.29) is 0 Å². The molecule has 1 aliphatic heterocycles. The lowest BCUT2D eigenvalue weighted by Gasteiger charge is -1.98. The summed E-state index contributed by atoms with van der Waals surface area (Å²) in [7, 11) is 0. The summed E-state index contributed by atoms with van der Waals surface area (Å²) in [6.07, 6.45) is 0. The molecule has 4 nitrogen and oxygen atoms in total. The Morgan fingerprint density at radius 3 is 2.22 bits per heavy atom. The molecule has 48 valence electrons.